The lowest BCUT2D eigenvalue weighted by molar-refractivity contribution is 0.623. The number of pyridine rings is 1. The molecular weight excluding hydrogens is 179 g/mol. The molecule has 0 saturated heterocycles. The first-order chi connectivity index (χ1) is 6.84. The highest BCUT2D eigenvalue weighted by Crippen LogP contribution is 2.08. The molecule has 1 heterocycles. The second kappa shape index (κ2) is 5.98. The van der Waals surface area contributed by atoms with E-state index in [2.05, 4.69) is 16.2 Å². The minimum absolute atomic E-state index is 0.313. The third kappa shape index (κ3) is 3.44. The SMILES string of the molecule is C#CCCCCNc1ncccc1F. The number of nitrogens with one attached hydrogen (secondary N) is 1. The summed E-state index contributed by atoms with van der Waals surface area (Å²) >= 11 is 0. The van der Waals surface area contributed by atoms with Crippen molar-refractivity contribution in [2.45, 2.75) is 19.3 Å². The topological polar surface area (TPSA) is 24.9 Å². The minimum atomic E-state index is -0.315. The summed E-state index contributed by atoms with van der Waals surface area (Å²) < 4.78 is 13.0. The lowest BCUT2D eigenvalue weighted by atomic mass is 10.2. The van der Waals surface area contributed by atoms with E-state index in [1.165, 1.54) is 6.07 Å². The first-order valence-corrected chi connectivity index (χ1v) is 4.62. The average Bonchev–Trinajstić information content (AvgIpc) is 2.20. The maximum absolute atomic E-state index is 13.0. The smallest absolute Gasteiger partial charge is 0.165 e. The molecule has 0 aliphatic carbocycles. The van der Waals surface area contributed by atoms with E-state index in [1.54, 1.807) is 12.3 Å². The third-order valence-corrected chi connectivity index (χ3v) is 1.80. The molecule has 0 aromatic carbocycles. The summed E-state index contributed by atoms with van der Waals surface area (Å²) in [5.74, 6) is 2.56. The van der Waals surface area contributed by atoms with Crippen LogP contribution in [0.1, 0.15) is 19.3 Å². The van der Waals surface area contributed by atoms with E-state index in [0.717, 1.165) is 19.3 Å². The Morgan fingerprint density at radius 2 is 2.36 bits per heavy atom. The molecule has 0 spiro atoms. The van der Waals surface area contributed by atoms with Crippen LogP contribution >= 0.6 is 0 Å². The first kappa shape index (κ1) is 10.5. The fraction of sp³-hybridized carbons (Fsp3) is 0.364. The van der Waals surface area contributed by atoms with E-state index in [-0.39, 0.29) is 5.82 Å². The Labute approximate surface area is 83.6 Å². The van der Waals surface area contributed by atoms with Crippen molar-refractivity contribution < 1.29 is 4.39 Å². The lowest BCUT2D eigenvalue weighted by Gasteiger charge is -2.04. The molecule has 0 aliphatic rings. The van der Waals surface area contributed by atoms with Crippen LogP contribution in [-0.2, 0) is 0 Å². The molecule has 2 nitrogen and oxygen atoms in total. The molecule has 0 saturated carbocycles. The standard InChI is InChI=1S/C11H13FN2/c1-2-3-4-5-8-13-11-10(12)7-6-9-14-11/h1,6-7,9H,3-5,8H2,(H,13,14). The monoisotopic (exact) mass is 192 g/mol. The number of hydrogen-bond acceptors (Lipinski definition) is 2. The number of nitrogens with zero attached hydrogens (tertiary/aromatic N) is 1. The highest BCUT2D eigenvalue weighted by Gasteiger charge is 1.99. The summed E-state index contributed by atoms with van der Waals surface area (Å²) in [5.41, 5.74) is 0. The normalized spacial score (nSPS) is 9.43. The molecule has 0 bridgehead atoms. The Kier molecular flexibility index (Phi) is 4.49. The summed E-state index contributed by atoms with van der Waals surface area (Å²) in [6.07, 6.45) is 9.32. The number of hydrogen-bond donors (Lipinski definition) is 1. The summed E-state index contributed by atoms with van der Waals surface area (Å²) in [5, 5.41) is 2.92. The van der Waals surface area contributed by atoms with Crippen LogP contribution in [0.25, 0.3) is 0 Å². The van der Waals surface area contributed by atoms with E-state index in [4.69, 9.17) is 6.42 Å². The predicted molar refractivity (Wildman–Crippen MR) is 55.4 cm³/mol. The van der Waals surface area contributed by atoms with E-state index in [1.807, 2.05) is 0 Å². The van der Waals surface area contributed by atoms with Gasteiger partial charge in [-0.1, -0.05) is 0 Å². The van der Waals surface area contributed by atoms with Gasteiger partial charge < -0.3 is 5.32 Å². The second-order valence-corrected chi connectivity index (χ2v) is 2.92. The zero-order valence-corrected chi connectivity index (χ0v) is 7.96. The number of anilines is 1. The van der Waals surface area contributed by atoms with E-state index in [9.17, 15) is 4.39 Å². The van der Waals surface area contributed by atoms with Crippen LogP contribution in [0, 0.1) is 18.2 Å². The highest BCUT2D eigenvalue weighted by molar-refractivity contribution is 5.35. The summed E-state index contributed by atoms with van der Waals surface area (Å²) in [6.45, 7) is 0.704. The van der Waals surface area contributed by atoms with E-state index >= 15 is 0 Å². The minimum Gasteiger partial charge on any atom is -0.368 e. The number of aromatic nitrogens is 1. The van der Waals surface area contributed by atoms with Gasteiger partial charge in [-0.05, 0) is 25.0 Å². The Balaban J connectivity index is 2.25. The molecule has 1 aromatic heterocycles. The fourth-order valence-electron chi connectivity index (χ4n) is 1.07. The van der Waals surface area contributed by atoms with E-state index in [0.29, 0.717) is 12.4 Å². The number of terminal acetylenes is 1. The summed E-state index contributed by atoms with van der Waals surface area (Å²) in [4.78, 5) is 3.87. The van der Waals surface area contributed by atoms with Gasteiger partial charge in [-0.3, -0.25) is 0 Å². The molecule has 14 heavy (non-hydrogen) atoms. The van der Waals surface area contributed by atoms with Crippen LogP contribution in [-0.4, -0.2) is 11.5 Å². The highest BCUT2D eigenvalue weighted by atomic mass is 19.1. The van der Waals surface area contributed by atoms with Gasteiger partial charge in [0.1, 0.15) is 0 Å². The Hall–Kier alpha value is -1.56. The van der Waals surface area contributed by atoms with Crippen molar-refractivity contribution in [1.82, 2.24) is 4.98 Å². The van der Waals surface area contributed by atoms with Crippen molar-refractivity contribution in [2.75, 3.05) is 11.9 Å². The van der Waals surface area contributed by atoms with Gasteiger partial charge >= 0.3 is 0 Å². The van der Waals surface area contributed by atoms with Gasteiger partial charge in [0, 0.05) is 19.2 Å². The molecular formula is C11H13FN2. The fourth-order valence-corrected chi connectivity index (χ4v) is 1.07. The zero-order chi connectivity index (χ0) is 10.2. The summed E-state index contributed by atoms with van der Waals surface area (Å²) in [7, 11) is 0. The largest absolute Gasteiger partial charge is 0.368 e. The summed E-state index contributed by atoms with van der Waals surface area (Å²) in [6, 6.07) is 2.95. The van der Waals surface area contributed by atoms with Gasteiger partial charge in [0.2, 0.25) is 0 Å². The van der Waals surface area contributed by atoms with Crippen LogP contribution in [0.15, 0.2) is 18.3 Å². The number of rotatable bonds is 5. The molecule has 0 radical (unpaired) electrons. The lowest BCUT2D eigenvalue weighted by Crippen LogP contribution is -2.04. The third-order valence-electron chi connectivity index (χ3n) is 1.80. The molecule has 74 valence electrons. The Morgan fingerprint density at radius 3 is 3.07 bits per heavy atom. The van der Waals surface area contributed by atoms with Crippen LogP contribution in [0.3, 0.4) is 0 Å². The molecule has 1 aromatic rings. The zero-order valence-electron chi connectivity index (χ0n) is 7.96. The predicted octanol–water partition coefficient (Wildman–Crippen LogP) is 2.44. The maximum Gasteiger partial charge on any atom is 0.165 e. The van der Waals surface area contributed by atoms with Crippen LogP contribution < -0.4 is 5.32 Å². The Morgan fingerprint density at radius 1 is 1.50 bits per heavy atom. The van der Waals surface area contributed by atoms with E-state index < -0.39 is 0 Å². The van der Waals surface area contributed by atoms with Gasteiger partial charge in [0.25, 0.3) is 0 Å². The molecule has 1 rings (SSSR count). The second-order valence-electron chi connectivity index (χ2n) is 2.92. The van der Waals surface area contributed by atoms with Crippen molar-refractivity contribution >= 4 is 5.82 Å². The van der Waals surface area contributed by atoms with Crippen LogP contribution in [0.2, 0.25) is 0 Å². The van der Waals surface area contributed by atoms with Crippen molar-refractivity contribution in [2.24, 2.45) is 0 Å². The first-order valence-electron chi connectivity index (χ1n) is 4.62. The number of halogens is 1. The Bertz CT molecular complexity index is 317. The van der Waals surface area contributed by atoms with Crippen molar-refractivity contribution in [3.05, 3.63) is 24.1 Å². The van der Waals surface area contributed by atoms with Crippen molar-refractivity contribution in [1.29, 1.82) is 0 Å². The molecule has 0 amide bonds. The van der Waals surface area contributed by atoms with Gasteiger partial charge in [0.15, 0.2) is 11.6 Å². The maximum atomic E-state index is 13.0. The van der Waals surface area contributed by atoms with Gasteiger partial charge in [0.05, 0.1) is 0 Å². The van der Waals surface area contributed by atoms with Crippen LogP contribution in [0.4, 0.5) is 10.2 Å². The van der Waals surface area contributed by atoms with Gasteiger partial charge in [-0.25, -0.2) is 9.37 Å². The van der Waals surface area contributed by atoms with Gasteiger partial charge in [-0.15, -0.1) is 12.3 Å². The van der Waals surface area contributed by atoms with Gasteiger partial charge in [-0.2, -0.15) is 0 Å². The molecule has 0 aliphatic heterocycles. The molecule has 0 unspecified atom stereocenters. The molecule has 0 atom stereocenters. The average molecular weight is 192 g/mol. The van der Waals surface area contributed by atoms with Crippen LogP contribution in [0.5, 0.6) is 0 Å². The molecule has 0 fully saturated rings. The molecule has 3 heteroatoms. The quantitative estimate of drug-likeness (QED) is 0.572. The molecule has 1 N–H and O–H groups in total. The van der Waals surface area contributed by atoms with Crippen molar-refractivity contribution in [3.8, 4) is 12.3 Å². The van der Waals surface area contributed by atoms with Crippen molar-refractivity contribution in [3.63, 3.8) is 0 Å². The number of unbranched alkanes of at least 4 members (excludes halogenated alkanes) is 2.